The average Bonchev–Trinajstić information content (AvgIpc) is 2.99. The molecule has 4 nitrogen and oxygen atoms in total. The van der Waals surface area contributed by atoms with E-state index in [0.717, 1.165) is 41.2 Å². The molecule has 0 aliphatic carbocycles. The Hall–Kier alpha value is -2.46. The maximum atomic E-state index is 9.11. The highest BCUT2D eigenvalue weighted by Crippen LogP contribution is 2.30. The zero-order valence-corrected chi connectivity index (χ0v) is 11.5. The van der Waals surface area contributed by atoms with Gasteiger partial charge < -0.3 is 9.67 Å². The number of nitrogens with zero attached hydrogens (tertiary/aromatic N) is 3. The molecule has 0 saturated heterocycles. The van der Waals surface area contributed by atoms with Crippen molar-refractivity contribution in [1.82, 2.24) is 14.5 Å². The van der Waals surface area contributed by atoms with Crippen LogP contribution in [0.3, 0.4) is 0 Å². The van der Waals surface area contributed by atoms with Gasteiger partial charge in [-0.3, -0.25) is 4.98 Å². The summed E-state index contributed by atoms with van der Waals surface area (Å²) in [5.41, 5.74) is 5.38. The Bertz CT molecular complexity index is 790. The van der Waals surface area contributed by atoms with Crippen molar-refractivity contribution < 1.29 is 5.11 Å². The maximum Gasteiger partial charge on any atom is 0.142 e. The first-order valence-corrected chi connectivity index (χ1v) is 7.06. The van der Waals surface area contributed by atoms with Crippen LogP contribution in [-0.4, -0.2) is 19.6 Å². The second-order valence-corrected chi connectivity index (χ2v) is 5.28. The van der Waals surface area contributed by atoms with E-state index in [-0.39, 0.29) is 6.61 Å². The molecule has 0 bridgehead atoms. The number of aliphatic hydroxyl groups excluding tert-OH is 1. The summed E-state index contributed by atoms with van der Waals surface area (Å²) in [6, 6.07) is 9.95. The molecule has 3 aromatic rings. The topological polar surface area (TPSA) is 50.9 Å². The van der Waals surface area contributed by atoms with E-state index in [9.17, 15) is 0 Å². The molecular formula is C17H15N3O. The molecular weight excluding hydrogens is 262 g/mol. The summed E-state index contributed by atoms with van der Waals surface area (Å²) in [7, 11) is 0. The highest BCUT2D eigenvalue weighted by Gasteiger charge is 2.19. The summed E-state index contributed by atoms with van der Waals surface area (Å²) in [4.78, 5) is 9.00. The summed E-state index contributed by atoms with van der Waals surface area (Å²) < 4.78 is 2.19. The lowest BCUT2D eigenvalue weighted by Crippen LogP contribution is -2.10. The van der Waals surface area contributed by atoms with Crippen LogP contribution in [0.1, 0.15) is 11.1 Å². The predicted octanol–water partition coefficient (Wildman–Crippen LogP) is 2.66. The van der Waals surface area contributed by atoms with E-state index in [4.69, 9.17) is 10.1 Å². The molecule has 0 saturated carbocycles. The van der Waals surface area contributed by atoms with Gasteiger partial charge in [0.1, 0.15) is 5.82 Å². The van der Waals surface area contributed by atoms with Crippen LogP contribution in [0.4, 0.5) is 0 Å². The Balaban J connectivity index is 1.79. The van der Waals surface area contributed by atoms with Gasteiger partial charge >= 0.3 is 0 Å². The zero-order chi connectivity index (χ0) is 14.2. The summed E-state index contributed by atoms with van der Waals surface area (Å²) in [6.07, 6.45) is 6.85. The Morgan fingerprint density at radius 3 is 2.81 bits per heavy atom. The molecule has 1 N–H and O–H groups in total. The Morgan fingerprint density at radius 1 is 1.14 bits per heavy atom. The molecule has 1 aliphatic heterocycles. The largest absolute Gasteiger partial charge is 0.392 e. The summed E-state index contributed by atoms with van der Waals surface area (Å²) in [5, 5.41) is 9.11. The lowest BCUT2D eigenvalue weighted by Gasteiger charge is -2.16. The number of hydrogen-bond acceptors (Lipinski definition) is 3. The van der Waals surface area contributed by atoms with E-state index in [1.54, 1.807) is 0 Å². The molecule has 2 aromatic heterocycles. The van der Waals surface area contributed by atoms with Crippen LogP contribution in [0.25, 0.3) is 22.6 Å². The van der Waals surface area contributed by atoms with Crippen LogP contribution in [0.15, 0.2) is 48.9 Å². The minimum atomic E-state index is 0.0685. The minimum absolute atomic E-state index is 0.0685. The lowest BCUT2D eigenvalue weighted by atomic mass is 10.0. The van der Waals surface area contributed by atoms with Crippen LogP contribution in [-0.2, 0) is 19.6 Å². The molecule has 0 atom stereocenters. The van der Waals surface area contributed by atoms with Gasteiger partial charge in [0.05, 0.1) is 12.3 Å². The molecule has 0 spiro atoms. The van der Waals surface area contributed by atoms with Crippen molar-refractivity contribution >= 4 is 0 Å². The van der Waals surface area contributed by atoms with Crippen molar-refractivity contribution in [3.05, 3.63) is 60.0 Å². The fourth-order valence-electron chi connectivity index (χ4n) is 2.80. The molecule has 104 valence electrons. The number of aliphatic hydroxyl groups is 1. The van der Waals surface area contributed by atoms with Crippen molar-refractivity contribution in [2.24, 2.45) is 0 Å². The van der Waals surface area contributed by atoms with Gasteiger partial charge in [0.2, 0.25) is 0 Å². The number of rotatable bonds is 2. The van der Waals surface area contributed by atoms with E-state index in [1.807, 2.05) is 36.7 Å². The predicted molar refractivity (Wildman–Crippen MR) is 80.5 cm³/mol. The van der Waals surface area contributed by atoms with Crippen molar-refractivity contribution in [3.63, 3.8) is 0 Å². The molecule has 4 heteroatoms. The average molecular weight is 277 g/mol. The standard InChI is InChI=1S/C17H15N3O/c21-11-12-1-3-14(4-2-12)16-10-20-8-6-13-5-7-18-9-15(13)17(20)19-16/h1-5,7,9-10,21H,6,8,11H2. The SMILES string of the molecule is OCc1ccc(-c2cn3c(n2)-c2cnccc2CC3)cc1. The second kappa shape index (κ2) is 4.82. The van der Waals surface area contributed by atoms with Gasteiger partial charge in [-0.15, -0.1) is 0 Å². The monoisotopic (exact) mass is 277 g/mol. The lowest BCUT2D eigenvalue weighted by molar-refractivity contribution is 0.282. The van der Waals surface area contributed by atoms with Crippen LogP contribution in [0, 0.1) is 0 Å². The maximum absolute atomic E-state index is 9.11. The van der Waals surface area contributed by atoms with Gasteiger partial charge in [-0.25, -0.2) is 4.98 Å². The van der Waals surface area contributed by atoms with Gasteiger partial charge in [0.15, 0.2) is 0 Å². The number of hydrogen-bond donors (Lipinski definition) is 1. The quantitative estimate of drug-likeness (QED) is 0.783. The van der Waals surface area contributed by atoms with Gasteiger partial charge in [-0.1, -0.05) is 24.3 Å². The van der Waals surface area contributed by atoms with Crippen LogP contribution < -0.4 is 0 Å². The van der Waals surface area contributed by atoms with Gasteiger partial charge in [-0.05, 0) is 23.6 Å². The van der Waals surface area contributed by atoms with Crippen molar-refractivity contribution in [1.29, 1.82) is 0 Å². The van der Waals surface area contributed by atoms with Crippen LogP contribution in [0.2, 0.25) is 0 Å². The fraction of sp³-hybridized carbons (Fsp3) is 0.176. The summed E-state index contributed by atoms with van der Waals surface area (Å²) in [6.45, 7) is 1.02. The van der Waals surface area contributed by atoms with E-state index < -0.39 is 0 Å². The molecule has 0 radical (unpaired) electrons. The highest BCUT2D eigenvalue weighted by molar-refractivity contribution is 5.67. The summed E-state index contributed by atoms with van der Waals surface area (Å²) in [5.74, 6) is 0.991. The van der Waals surface area contributed by atoms with Crippen molar-refractivity contribution in [2.45, 2.75) is 19.6 Å². The first-order chi connectivity index (χ1) is 10.3. The Morgan fingerprint density at radius 2 is 2.00 bits per heavy atom. The molecule has 1 aliphatic rings. The van der Waals surface area contributed by atoms with E-state index >= 15 is 0 Å². The van der Waals surface area contributed by atoms with E-state index in [0.29, 0.717) is 0 Å². The van der Waals surface area contributed by atoms with Crippen molar-refractivity contribution in [2.75, 3.05) is 0 Å². The smallest absolute Gasteiger partial charge is 0.142 e. The summed E-state index contributed by atoms with van der Waals surface area (Å²) >= 11 is 0. The normalized spacial score (nSPS) is 12.8. The van der Waals surface area contributed by atoms with Crippen molar-refractivity contribution in [3.8, 4) is 22.6 Å². The molecule has 0 amide bonds. The molecule has 4 rings (SSSR count). The number of pyridine rings is 1. The number of benzene rings is 1. The number of fused-ring (bicyclic) bond motifs is 3. The molecule has 21 heavy (non-hydrogen) atoms. The first-order valence-electron chi connectivity index (χ1n) is 7.06. The van der Waals surface area contributed by atoms with Crippen LogP contribution >= 0.6 is 0 Å². The third kappa shape index (κ3) is 2.04. The second-order valence-electron chi connectivity index (χ2n) is 5.28. The fourth-order valence-corrected chi connectivity index (χ4v) is 2.80. The van der Waals surface area contributed by atoms with Crippen LogP contribution in [0.5, 0.6) is 0 Å². The first kappa shape index (κ1) is 12.3. The minimum Gasteiger partial charge on any atom is -0.392 e. The van der Waals surface area contributed by atoms with Gasteiger partial charge in [0, 0.05) is 36.3 Å². The van der Waals surface area contributed by atoms with E-state index in [1.165, 1.54) is 5.56 Å². The third-order valence-corrected chi connectivity index (χ3v) is 3.98. The Kier molecular flexibility index (Phi) is 2.82. The third-order valence-electron chi connectivity index (χ3n) is 3.98. The van der Waals surface area contributed by atoms with Gasteiger partial charge in [0.25, 0.3) is 0 Å². The van der Waals surface area contributed by atoms with Gasteiger partial charge in [-0.2, -0.15) is 0 Å². The van der Waals surface area contributed by atoms with E-state index in [2.05, 4.69) is 21.8 Å². The highest BCUT2D eigenvalue weighted by atomic mass is 16.3. The number of aryl methyl sites for hydroxylation is 2. The number of imidazole rings is 1. The molecule has 1 aromatic carbocycles. The molecule has 0 unspecified atom stereocenters. The number of aromatic nitrogens is 3. The Labute approximate surface area is 122 Å². The molecule has 0 fully saturated rings. The zero-order valence-electron chi connectivity index (χ0n) is 11.5. The molecule has 3 heterocycles.